The Morgan fingerprint density at radius 2 is 2.35 bits per heavy atom. The van der Waals surface area contributed by atoms with Crippen molar-refractivity contribution >= 4 is 11.5 Å². The van der Waals surface area contributed by atoms with Gasteiger partial charge in [-0.25, -0.2) is 15.0 Å². The molecule has 2 aromatic rings. The number of anilines is 1. The van der Waals surface area contributed by atoms with Gasteiger partial charge >= 0.3 is 5.69 Å². The van der Waals surface area contributed by atoms with Crippen LogP contribution in [-0.2, 0) is 4.74 Å². The molecular weight excluding hydrogens is 264 g/mol. The highest BCUT2D eigenvalue weighted by Crippen LogP contribution is 2.27. The lowest BCUT2D eigenvalue weighted by atomic mass is 10.3. The van der Waals surface area contributed by atoms with E-state index in [2.05, 4.69) is 20.3 Å². The minimum atomic E-state index is -0.517. The maximum absolute atomic E-state index is 11.3. The number of aromatic nitrogens is 4. The SMILES string of the molecule is COCC(C)Nc1ncnc(-n2ccnc2)c1[N+](=O)[O-]. The molecule has 0 aliphatic carbocycles. The third kappa shape index (κ3) is 2.88. The van der Waals surface area contributed by atoms with Crippen molar-refractivity contribution in [1.29, 1.82) is 0 Å². The molecule has 0 aromatic carbocycles. The Bertz CT molecular complexity index is 586. The second-order valence-corrected chi connectivity index (χ2v) is 4.12. The minimum absolute atomic E-state index is 0.121. The monoisotopic (exact) mass is 278 g/mol. The molecule has 0 spiro atoms. The molecule has 106 valence electrons. The van der Waals surface area contributed by atoms with E-state index in [1.54, 1.807) is 13.3 Å². The van der Waals surface area contributed by atoms with E-state index >= 15 is 0 Å². The Balaban J connectivity index is 2.42. The molecule has 0 fully saturated rings. The predicted octanol–water partition coefficient (Wildman–Crippen LogP) is 1.02. The van der Waals surface area contributed by atoms with E-state index in [1.807, 2.05) is 6.92 Å². The fourth-order valence-electron chi connectivity index (χ4n) is 1.74. The van der Waals surface area contributed by atoms with Crippen molar-refractivity contribution < 1.29 is 9.66 Å². The van der Waals surface area contributed by atoms with Gasteiger partial charge in [0.2, 0.25) is 11.6 Å². The molecular formula is C11H14N6O3. The van der Waals surface area contributed by atoms with Gasteiger partial charge in [0, 0.05) is 25.5 Å². The van der Waals surface area contributed by atoms with Gasteiger partial charge in [-0.3, -0.25) is 14.7 Å². The van der Waals surface area contributed by atoms with Crippen LogP contribution in [0, 0.1) is 10.1 Å². The highest BCUT2D eigenvalue weighted by Gasteiger charge is 2.24. The van der Waals surface area contributed by atoms with E-state index in [0.717, 1.165) is 0 Å². The Kier molecular flexibility index (Phi) is 4.20. The lowest BCUT2D eigenvalue weighted by Gasteiger charge is -2.14. The average Bonchev–Trinajstić information content (AvgIpc) is 2.92. The smallest absolute Gasteiger partial charge is 0.354 e. The van der Waals surface area contributed by atoms with Crippen LogP contribution in [0.5, 0.6) is 0 Å². The van der Waals surface area contributed by atoms with Gasteiger partial charge in [-0.05, 0) is 6.92 Å². The number of hydrogen-bond donors (Lipinski definition) is 1. The molecule has 0 amide bonds. The fourth-order valence-corrected chi connectivity index (χ4v) is 1.74. The van der Waals surface area contributed by atoms with Crippen LogP contribution in [0.15, 0.2) is 25.0 Å². The lowest BCUT2D eigenvalue weighted by molar-refractivity contribution is -0.384. The molecule has 9 heteroatoms. The average molecular weight is 278 g/mol. The first-order valence-corrected chi connectivity index (χ1v) is 5.86. The molecule has 1 N–H and O–H groups in total. The first-order valence-electron chi connectivity index (χ1n) is 5.86. The van der Waals surface area contributed by atoms with Crippen LogP contribution in [0.3, 0.4) is 0 Å². The van der Waals surface area contributed by atoms with Crippen LogP contribution in [0.25, 0.3) is 5.82 Å². The zero-order chi connectivity index (χ0) is 14.5. The number of nitrogens with one attached hydrogen (secondary N) is 1. The van der Waals surface area contributed by atoms with Gasteiger partial charge in [-0.2, -0.15) is 0 Å². The number of methoxy groups -OCH3 is 1. The zero-order valence-corrected chi connectivity index (χ0v) is 11.1. The summed E-state index contributed by atoms with van der Waals surface area (Å²) in [5, 5.41) is 14.2. The molecule has 2 aromatic heterocycles. The summed E-state index contributed by atoms with van der Waals surface area (Å²) in [6.07, 6.45) is 5.81. The van der Waals surface area contributed by atoms with Crippen molar-refractivity contribution in [3.63, 3.8) is 0 Å². The molecule has 1 atom stereocenters. The summed E-state index contributed by atoms with van der Waals surface area (Å²) in [6.45, 7) is 2.24. The van der Waals surface area contributed by atoms with E-state index in [9.17, 15) is 10.1 Å². The summed E-state index contributed by atoms with van der Waals surface area (Å²) in [6, 6.07) is -0.121. The van der Waals surface area contributed by atoms with Crippen molar-refractivity contribution in [3.05, 3.63) is 35.2 Å². The number of rotatable bonds is 6. The van der Waals surface area contributed by atoms with Gasteiger partial charge in [0.25, 0.3) is 0 Å². The van der Waals surface area contributed by atoms with Crippen molar-refractivity contribution in [2.24, 2.45) is 0 Å². The second kappa shape index (κ2) is 6.06. The maximum Gasteiger partial charge on any atom is 0.354 e. The summed E-state index contributed by atoms with van der Waals surface area (Å²) >= 11 is 0. The third-order valence-corrected chi connectivity index (χ3v) is 2.53. The Morgan fingerprint density at radius 3 is 2.95 bits per heavy atom. The zero-order valence-electron chi connectivity index (χ0n) is 11.1. The third-order valence-electron chi connectivity index (χ3n) is 2.53. The molecule has 20 heavy (non-hydrogen) atoms. The molecule has 0 saturated carbocycles. The van der Waals surface area contributed by atoms with Gasteiger partial charge in [0.05, 0.1) is 11.5 Å². The Labute approximate surface area is 114 Å². The molecule has 0 aliphatic heterocycles. The summed E-state index contributed by atoms with van der Waals surface area (Å²) in [5.41, 5.74) is -0.201. The molecule has 0 bridgehead atoms. The van der Waals surface area contributed by atoms with Crippen LogP contribution in [0.4, 0.5) is 11.5 Å². The predicted molar refractivity (Wildman–Crippen MR) is 70.8 cm³/mol. The van der Waals surface area contributed by atoms with Gasteiger partial charge in [0.15, 0.2) is 0 Å². The van der Waals surface area contributed by atoms with E-state index in [4.69, 9.17) is 4.74 Å². The van der Waals surface area contributed by atoms with Gasteiger partial charge < -0.3 is 10.1 Å². The largest absolute Gasteiger partial charge is 0.383 e. The van der Waals surface area contributed by atoms with E-state index in [1.165, 1.54) is 23.4 Å². The topological polar surface area (TPSA) is 108 Å². The molecule has 0 radical (unpaired) electrons. The highest BCUT2D eigenvalue weighted by atomic mass is 16.6. The van der Waals surface area contributed by atoms with E-state index < -0.39 is 4.92 Å². The van der Waals surface area contributed by atoms with Crippen LogP contribution >= 0.6 is 0 Å². The number of nitrogens with zero attached hydrogens (tertiary/aromatic N) is 5. The van der Waals surface area contributed by atoms with Gasteiger partial charge in [-0.1, -0.05) is 0 Å². The lowest BCUT2D eigenvalue weighted by Crippen LogP contribution is -2.22. The fraction of sp³-hybridized carbons (Fsp3) is 0.364. The second-order valence-electron chi connectivity index (χ2n) is 4.12. The van der Waals surface area contributed by atoms with Crippen molar-refractivity contribution in [1.82, 2.24) is 19.5 Å². The van der Waals surface area contributed by atoms with Gasteiger partial charge in [0.1, 0.15) is 12.7 Å². The summed E-state index contributed by atoms with van der Waals surface area (Å²) in [5.74, 6) is 0.313. The first-order chi connectivity index (χ1) is 9.63. The van der Waals surface area contributed by atoms with Crippen LogP contribution in [0.1, 0.15) is 6.92 Å². The first kappa shape index (κ1) is 13.9. The highest BCUT2D eigenvalue weighted by molar-refractivity contribution is 5.64. The van der Waals surface area contributed by atoms with E-state index in [0.29, 0.717) is 6.61 Å². The molecule has 0 aliphatic rings. The number of hydrogen-bond acceptors (Lipinski definition) is 7. The Hall–Kier alpha value is -2.55. The van der Waals surface area contributed by atoms with Gasteiger partial charge in [-0.15, -0.1) is 0 Å². The summed E-state index contributed by atoms with van der Waals surface area (Å²) in [7, 11) is 1.56. The number of ether oxygens (including phenoxy) is 1. The Morgan fingerprint density at radius 1 is 1.55 bits per heavy atom. The number of imidazole rings is 1. The quantitative estimate of drug-likeness (QED) is 0.620. The number of nitro groups is 1. The van der Waals surface area contributed by atoms with Crippen molar-refractivity contribution in [2.75, 3.05) is 19.0 Å². The summed E-state index contributed by atoms with van der Waals surface area (Å²) < 4.78 is 6.45. The molecule has 2 heterocycles. The van der Waals surface area contributed by atoms with Crippen LogP contribution in [0.2, 0.25) is 0 Å². The molecule has 2 rings (SSSR count). The molecule has 9 nitrogen and oxygen atoms in total. The molecule has 0 saturated heterocycles. The van der Waals surface area contributed by atoms with Crippen molar-refractivity contribution in [3.8, 4) is 5.82 Å². The minimum Gasteiger partial charge on any atom is -0.383 e. The maximum atomic E-state index is 11.3. The molecule has 1 unspecified atom stereocenters. The van der Waals surface area contributed by atoms with Crippen molar-refractivity contribution in [2.45, 2.75) is 13.0 Å². The van der Waals surface area contributed by atoms with E-state index in [-0.39, 0.29) is 23.4 Å². The normalized spacial score (nSPS) is 12.1. The summed E-state index contributed by atoms with van der Waals surface area (Å²) in [4.78, 5) is 22.5. The van der Waals surface area contributed by atoms with Crippen LogP contribution < -0.4 is 5.32 Å². The van der Waals surface area contributed by atoms with Crippen LogP contribution in [-0.4, -0.2) is 44.2 Å². The standard InChI is InChI=1S/C11H14N6O3/c1-8(5-20-2)15-10-9(17(18)19)11(14-6-13-10)16-4-3-12-7-16/h3-4,6-8H,5H2,1-2H3,(H,13,14,15).